The van der Waals surface area contributed by atoms with Crippen molar-refractivity contribution in [2.45, 2.75) is 19.8 Å². The molecule has 0 unspecified atom stereocenters. The zero-order valence-electron chi connectivity index (χ0n) is 14.0. The van der Waals surface area contributed by atoms with Gasteiger partial charge < -0.3 is 19.7 Å². The molecular formula is C16H23N5O2. The minimum Gasteiger partial charge on any atom is -0.497 e. The lowest BCUT2D eigenvalue weighted by molar-refractivity contribution is 0.395. The molecule has 23 heavy (non-hydrogen) atoms. The summed E-state index contributed by atoms with van der Waals surface area (Å²) in [5, 5.41) is 11.3. The van der Waals surface area contributed by atoms with Gasteiger partial charge in [0.1, 0.15) is 11.5 Å². The minimum absolute atomic E-state index is 0.593. The lowest BCUT2D eigenvalue weighted by Gasteiger charge is -2.17. The molecule has 7 heteroatoms. The van der Waals surface area contributed by atoms with E-state index in [9.17, 15) is 0 Å². The van der Waals surface area contributed by atoms with E-state index >= 15 is 0 Å². The number of nitrogens with zero attached hydrogens (tertiary/aromatic N) is 4. The third-order valence-electron chi connectivity index (χ3n) is 3.41. The summed E-state index contributed by atoms with van der Waals surface area (Å²) in [6.07, 6.45) is 3.80. The van der Waals surface area contributed by atoms with Gasteiger partial charge >= 0.3 is 0 Å². The molecule has 0 spiro atoms. The Hall–Kier alpha value is -2.57. The molecule has 0 atom stereocenters. The van der Waals surface area contributed by atoms with Crippen LogP contribution in [-0.2, 0) is 0 Å². The molecule has 1 aromatic carbocycles. The SMILES string of the molecule is CCCCN(C)c1nncc(Nc2ccc(OC)cc2OC)n1. The van der Waals surface area contributed by atoms with Crippen molar-refractivity contribution in [3.05, 3.63) is 24.4 Å². The second kappa shape index (κ2) is 8.17. The van der Waals surface area contributed by atoms with Crippen LogP contribution < -0.4 is 19.7 Å². The highest BCUT2D eigenvalue weighted by Crippen LogP contribution is 2.30. The molecule has 0 saturated carbocycles. The number of ether oxygens (including phenoxy) is 2. The summed E-state index contributed by atoms with van der Waals surface area (Å²) < 4.78 is 10.6. The summed E-state index contributed by atoms with van der Waals surface area (Å²) in [7, 11) is 5.20. The van der Waals surface area contributed by atoms with Gasteiger partial charge in [-0.15, -0.1) is 5.10 Å². The number of nitrogens with one attached hydrogen (secondary N) is 1. The Bertz CT molecular complexity index is 636. The molecule has 0 amide bonds. The second-order valence-electron chi connectivity index (χ2n) is 5.11. The van der Waals surface area contributed by atoms with E-state index in [1.165, 1.54) is 0 Å². The van der Waals surface area contributed by atoms with E-state index in [4.69, 9.17) is 9.47 Å². The summed E-state index contributed by atoms with van der Waals surface area (Å²) in [6.45, 7) is 3.05. The number of methoxy groups -OCH3 is 2. The Kier molecular flexibility index (Phi) is 5.96. The molecular weight excluding hydrogens is 294 g/mol. The van der Waals surface area contributed by atoms with Crippen LogP contribution in [0.1, 0.15) is 19.8 Å². The monoisotopic (exact) mass is 317 g/mol. The van der Waals surface area contributed by atoms with Gasteiger partial charge in [-0.25, -0.2) is 0 Å². The fourth-order valence-corrected chi connectivity index (χ4v) is 2.05. The van der Waals surface area contributed by atoms with Crippen LogP contribution >= 0.6 is 0 Å². The predicted octanol–water partition coefficient (Wildman–Crippen LogP) is 2.87. The molecule has 1 N–H and O–H groups in total. The largest absolute Gasteiger partial charge is 0.497 e. The third kappa shape index (κ3) is 4.45. The van der Waals surface area contributed by atoms with E-state index in [0.29, 0.717) is 17.5 Å². The van der Waals surface area contributed by atoms with Gasteiger partial charge in [-0.05, 0) is 18.6 Å². The van der Waals surface area contributed by atoms with Gasteiger partial charge in [0.25, 0.3) is 0 Å². The first kappa shape index (κ1) is 16.8. The average molecular weight is 317 g/mol. The van der Waals surface area contributed by atoms with Crippen molar-refractivity contribution in [3.63, 3.8) is 0 Å². The first-order valence-corrected chi connectivity index (χ1v) is 7.57. The van der Waals surface area contributed by atoms with E-state index in [-0.39, 0.29) is 0 Å². The number of hydrogen-bond acceptors (Lipinski definition) is 7. The van der Waals surface area contributed by atoms with Crippen molar-refractivity contribution in [1.29, 1.82) is 0 Å². The van der Waals surface area contributed by atoms with E-state index in [2.05, 4.69) is 27.4 Å². The molecule has 2 rings (SSSR count). The smallest absolute Gasteiger partial charge is 0.247 e. The van der Waals surface area contributed by atoms with Crippen LogP contribution in [0, 0.1) is 0 Å². The third-order valence-corrected chi connectivity index (χ3v) is 3.41. The van der Waals surface area contributed by atoms with Gasteiger partial charge in [0, 0.05) is 19.7 Å². The average Bonchev–Trinajstić information content (AvgIpc) is 2.60. The number of anilines is 3. The number of hydrogen-bond donors (Lipinski definition) is 1. The Morgan fingerprint density at radius 3 is 2.74 bits per heavy atom. The predicted molar refractivity (Wildman–Crippen MR) is 90.8 cm³/mol. The van der Waals surface area contributed by atoms with Crippen molar-refractivity contribution in [2.24, 2.45) is 0 Å². The molecule has 124 valence electrons. The first-order chi connectivity index (χ1) is 11.2. The second-order valence-corrected chi connectivity index (χ2v) is 5.11. The van der Waals surface area contributed by atoms with E-state index in [1.54, 1.807) is 20.4 Å². The summed E-state index contributed by atoms with van der Waals surface area (Å²) in [5.74, 6) is 2.61. The highest BCUT2D eigenvalue weighted by Gasteiger charge is 2.09. The Morgan fingerprint density at radius 2 is 2.04 bits per heavy atom. The van der Waals surface area contributed by atoms with Crippen molar-refractivity contribution in [1.82, 2.24) is 15.2 Å². The summed E-state index contributed by atoms with van der Waals surface area (Å²) >= 11 is 0. The van der Waals surface area contributed by atoms with E-state index < -0.39 is 0 Å². The Balaban J connectivity index is 2.17. The van der Waals surface area contributed by atoms with Gasteiger partial charge in [-0.2, -0.15) is 10.1 Å². The lowest BCUT2D eigenvalue weighted by atomic mass is 10.2. The minimum atomic E-state index is 0.593. The molecule has 2 aromatic rings. The molecule has 0 aliphatic carbocycles. The van der Waals surface area contributed by atoms with Gasteiger partial charge in [0.05, 0.1) is 26.1 Å². The highest BCUT2D eigenvalue weighted by molar-refractivity contribution is 5.65. The molecule has 0 saturated heterocycles. The molecule has 0 bridgehead atoms. The number of aromatic nitrogens is 3. The molecule has 1 aromatic heterocycles. The molecule has 0 fully saturated rings. The van der Waals surface area contributed by atoms with Gasteiger partial charge in [-0.3, -0.25) is 0 Å². The van der Waals surface area contributed by atoms with E-state index in [0.717, 1.165) is 30.8 Å². The van der Waals surface area contributed by atoms with Crippen LogP contribution in [0.25, 0.3) is 0 Å². The van der Waals surface area contributed by atoms with Gasteiger partial charge in [0.15, 0.2) is 5.82 Å². The van der Waals surface area contributed by atoms with Crippen LogP contribution in [0.5, 0.6) is 11.5 Å². The van der Waals surface area contributed by atoms with Crippen LogP contribution in [-0.4, -0.2) is 43.0 Å². The highest BCUT2D eigenvalue weighted by atomic mass is 16.5. The van der Waals surface area contributed by atoms with E-state index in [1.807, 2.05) is 30.1 Å². The maximum absolute atomic E-state index is 5.37. The standard InChI is InChI=1S/C16H23N5O2/c1-5-6-9-21(2)16-19-15(11-17-20-16)18-13-8-7-12(22-3)10-14(13)23-4/h7-8,10-11H,5-6,9H2,1-4H3,(H,18,19,20). The Labute approximate surface area is 136 Å². The van der Waals surface area contributed by atoms with Crippen molar-refractivity contribution < 1.29 is 9.47 Å². The Morgan fingerprint density at radius 1 is 1.22 bits per heavy atom. The van der Waals surface area contributed by atoms with Crippen LogP contribution in [0.3, 0.4) is 0 Å². The zero-order valence-corrected chi connectivity index (χ0v) is 14.0. The fraction of sp³-hybridized carbons (Fsp3) is 0.438. The fourth-order valence-electron chi connectivity index (χ4n) is 2.05. The van der Waals surface area contributed by atoms with Gasteiger partial charge in [-0.1, -0.05) is 13.3 Å². The van der Waals surface area contributed by atoms with Crippen LogP contribution in [0.2, 0.25) is 0 Å². The summed E-state index contributed by atoms with van der Waals surface area (Å²) in [4.78, 5) is 6.49. The van der Waals surface area contributed by atoms with Crippen molar-refractivity contribution in [2.75, 3.05) is 38.0 Å². The van der Waals surface area contributed by atoms with Crippen molar-refractivity contribution >= 4 is 17.5 Å². The molecule has 0 radical (unpaired) electrons. The maximum Gasteiger partial charge on any atom is 0.247 e. The topological polar surface area (TPSA) is 72.4 Å². The molecule has 1 heterocycles. The normalized spacial score (nSPS) is 10.3. The quantitative estimate of drug-likeness (QED) is 0.802. The van der Waals surface area contributed by atoms with Crippen LogP contribution in [0.4, 0.5) is 17.5 Å². The molecule has 0 aliphatic rings. The van der Waals surface area contributed by atoms with Crippen molar-refractivity contribution in [3.8, 4) is 11.5 Å². The first-order valence-electron chi connectivity index (χ1n) is 7.57. The molecule has 0 aliphatic heterocycles. The maximum atomic E-state index is 5.37. The number of rotatable bonds is 8. The molecule has 7 nitrogen and oxygen atoms in total. The van der Waals surface area contributed by atoms with Crippen LogP contribution in [0.15, 0.2) is 24.4 Å². The zero-order chi connectivity index (χ0) is 16.7. The van der Waals surface area contributed by atoms with Gasteiger partial charge in [0.2, 0.25) is 5.95 Å². The number of benzene rings is 1. The lowest BCUT2D eigenvalue weighted by Crippen LogP contribution is -2.21. The number of unbranched alkanes of at least 4 members (excludes halogenated alkanes) is 1. The summed E-state index contributed by atoms with van der Waals surface area (Å²) in [6, 6.07) is 5.54. The summed E-state index contributed by atoms with van der Waals surface area (Å²) in [5.41, 5.74) is 0.788.